The third-order valence-corrected chi connectivity index (χ3v) is 3.36. The molecule has 1 aromatic carbocycles. The van der Waals surface area contributed by atoms with Crippen molar-refractivity contribution in [3.8, 4) is 0 Å². The van der Waals surface area contributed by atoms with Gasteiger partial charge in [0.25, 0.3) is 5.91 Å². The second-order valence-corrected chi connectivity index (χ2v) is 5.18. The molecule has 2 amide bonds. The van der Waals surface area contributed by atoms with E-state index in [1.54, 1.807) is 38.1 Å². The van der Waals surface area contributed by atoms with Gasteiger partial charge < -0.3 is 10.6 Å². The van der Waals surface area contributed by atoms with E-state index in [0.717, 1.165) is 0 Å². The van der Waals surface area contributed by atoms with Crippen LogP contribution in [0.1, 0.15) is 31.1 Å². The predicted octanol–water partition coefficient (Wildman–Crippen LogP) is 2.64. The van der Waals surface area contributed by atoms with Gasteiger partial charge in [-0.3, -0.25) is 9.59 Å². The van der Waals surface area contributed by atoms with E-state index >= 15 is 0 Å². The van der Waals surface area contributed by atoms with Crippen molar-refractivity contribution in [1.29, 1.82) is 0 Å². The van der Waals surface area contributed by atoms with Gasteiger partial charge in [0.15, 0.2) is 0 Å². The zero-order valence-corrected chi connectivity index (χ0v) is 12.2. The molecule has 0 spiro atoms. The summed E-state index contributed by atoms with van der Waals surface area (Å²) in [6.07, 6.45) is 0. The molecule has 104 valence electrons. The largest absolute Gasteiger partial charge is 0.352 e. The van der Waals surface area contributed by atoms with Crippen molar-refractivity contribution in [3.63, 3.8) is 0 Å². The summed E-state index contributed by atoms with van der Waals surface area (Å²) in [6.45, 7) is 6.00. The predicted molar refractivity (Wildman–Crippen MR) is 77.6 cm³/mol. The van der Waals surface area contributed by atoms with E-state index in [2.05, 4.69) is 10.6 Å². The van der Waals surface area contributed by atoms with Crippen LogP contribution in [0.4, 0.5) is 5.69 Å². The van der Waals surface area contributed by atoms with Crippen LogP contribution >= 0.6 is 11.6 Å². The number of carbonyl (C=O) groups is 2. The Balaban J connectivity index is 2.72. The molecular weight excluding hydrogens is 264 g/mol. The van der Waals surface area contributed by atoms with Gasteiger partial charge in [-0.1, -0.05) is 0 Å². The summed E-state index contributed by atoms with van der Waals surface area (Å²) < 4.78 is 0. The fourth-order valence-electron chi connectivity index (χ4n) is 1.33. The first-order chi connectivity index (χ1) is 8.90. The molecule has 0 radical (unpaired) electrons. The van der Waals surface area contributed by atoms with Gasteiger partial charge in [0.05, 0.1) is 5.41 Å². The molecule has 0 aromatic heterocycles. The van der Waals surface area contributed by atoms with E-state index in [4.69, 9.17) is 11.6 Å². The van der Waals surface area contributed by atoms with E-state index in [9.17, 15) is 9.59 Å². The van der Waals surface area contributed by atoms with Crippen LogP contribution in [0, 0.1) is 5.41 Å². The zero-order valence-electron chi connectivity index (χ0n) is 11.4. The topological polar surface area (TPSA) is 58.2 Å². The lowest BCUT2D eigenvalue weighted by atomic mass is 9.95. The molecule has 0 bridgehead atoms. The van der Waals surface area contributed by atoms with Crippen LogP contribution in [0.15, 0.2) is 24.3 Å². The average Bonchev–Trinajstić information content (AvgIpc) is 2.39. The lowest BCUT2D eigenvalue weighted by Gasteiger charge is -2.20. The van der Waals surface area contributed by atoms with Crippen LogP contribution < -0.4 is 10.6 Å². The lowest BCUT2D eigenvalue weighted by molar-refractivity contribution is -0.122. The van der Waals surface area contributed by atoms with E-state index in [1.807, 2.05) is 6.92 Å². The molecule has 0 aliphatic carbocycles. The minimum absolute atomic E-state index is 0.124. The first-order valence-corrected chi connectivity index (χ1v) is 6.70. The van der Waals surface area contributed by atoms with Gasteiger partial charge in [-0.05, 0) is 45.0 Å². The molecule has 0 heterocycles. The Hall–Kier alpha value is -1.55. The number of anilines is 1. The van der Waals surface area contributed by atoms with E-state index in [-0.39, 0.29) is 17.7 Å². The quantitative estimate of drug-likeness (QED) is 0.816. The van der Waals surface area contributed by atoms with Crippen LogP contribution in [-0.2, 0) is 4.79 Å². The standard InChI is InChI=1S/C14H19ClN2O2/c1-4-16-12(18)10-5-7-11(8-6-10)17-13(19)14(2,3)9-15/h5-8H,4,9H2,1-3H3,(H,16,18)(H,17,19). The molecule has 4 nitrogen and oxygen atoms in total. The number of halogens is 1. The zero-order chi connectivity index (χ0) is 14.5. The van der Waals surface area contributed by atoms with E-state index in [0.29, 0.717) is 17.8 Å². The highest BCUT2D eigenvalue weighted by atomic mass is 35.5. The monoisotopic (exact) mass is 282 g/mol. The maximum Gasteiger partial charge on any atom is 0.251 e. The van der Waals surface area contributed by atoms with Gasteiger partial charge in [0, 0.05) is 23.7 Å². The fraction of sp³-hybridized carbons (Fsp3) is 0.429. The molecule has 0 aliphatic rings. The van der Waals surface area contributed by atoms with Crippen LogP contribution in [0.5, 0.6) is 0 Å². The van der Waals surface area contributed by atoms with Crippen LogP contribution in [0.25, 0.3) is 0 Å². The Kier molecular flexibility index (Phi) is 5.36. The van der Waals surface area contributed by atoms with Gasteiger partial charge in [-0.2, -0.15) is 0 Å². The first-order valence-electron chi connectivity index (χ1n) is 6.16. The SMILES string of the molecule is CCNC(=O)c1ccc(NC(=O)C(C)(C)CCl)cc1. The molecule has 19 heavy (non-hydrogen) atoms. The molecule has 0 saturated carbocycles. The molecule has 0 saturated heterocycles. The van der Waals surface area contributed by atoms with Gasteiger partial charge in [0.2, 0.25) is 5.91 Å². The number of rotatable bonds is 5. The molecule has 0 unspecified atom stereocenters. The van der Waals surface area contributed by atoms with Gasteiger partial charge in [0.1, 0.15) is 0 Å². The Labute approximate surface area is 118 Å². The molecule has 0 aliphatic heterocycles. The van der Waals surface area contributed by atoms with Gasteiger partial charge in [-0.25, -0.2) is 0 Å². The van der Waals surface area contributed by atoms with Crippen molar-refractivity contribution in [2.45, 2.75) is 20.8 Å². The Morgan fingerprint density at radius 3 is 2.26 bits per heavy atom. The summed E-state index contributed by atoms with van der Waals surface area (Å²) in [4.78, 5) is 23.5. The van der Waals surface area contributed by atoms with Crippen LogP contribution in [-0.4, -0.2) is 24.2 Å². The molecule has 0 atom stereocenters. The van der Waals surface area contributed by atoms with Crippen LogP contribution in [0.2, 0.25) is 0 Å². The third kappa shape index (κ3) is 4.24. The average molecular weight is 283 g/mol. The lowest BCUT2D eigenvalue weighted by Crippen LogP contribution is -2.32. The molecule has 1 rings (SSSR count). The summed E-state index contributed by atoms with van der Waals surface area (Å²) in [6, 6.07) is 6.75. The second kappa shape index (κ2) is 6.57. The first kappa shape index (κ1) is 15.5. The summed E-state index contributed by atoms with van der Waals surface area (Å²) in [7, 11) is 0. The van der Waals surface area contributed by atoms with Gasteiger partial charge in [-0.15, -0.1) is 11.6 Å². The third-order valence-electron chi connectivity index (χ3n) is 2.69. The number of benzene rings is 1. The number of hydrogen-bond acceptors (Lipinski definition) is 2. The maximum atomic E-state index is 11.9. The second-order valence-electron chi connectivity index (χ2n) is 4.91. The summed E-state index contributed by atoms with van der Waals surface area (Å²) >= 11 is 5.74. The van der Waals surface area contributed by atoms with Crippen molar-refractivity contribution < 1.29 is 9.59 Å². The number of carbonyl (C=O) groups excluding carboxylic acids is 2. The van der Waals surface area contributed by atoms with Gasteiger partial charge >= 0.3 is 0 Å². The highest BCUT2D eigenvalue weighted by molar-refractivity contribution is 6.20. The summed E-state index contributed by atoms with van der Waals surface area (Å²) in [5.74, 6) is -0.0229. The number of nitrogens with one attached hydrogen (secondary N) is 2. The fourth-order valence-corrected chi connectivity index (χ4v) is 1.45. The Morgan fingerprint density at radius 1 is 1.21 bits per heavy atom. The smallest absolute Gasteiger partial charge is 0.251 e. The normalized spacial score (nSPS) is 10.9. The molecule has 0 fully saturated rings. The highest BCUT2D eigenvalue weighted by Gasteiger charge is 2.26. The number of amides is 2. The maximum absolute atomic E-state index is 11.9. The van der Waals surface area contributed by atoms with Crippen molar-refractivity contribution >= 4 is 29.1 Å². The number of alkyl halides is 1. The highest BCUT2D eigenvalue weighted by Crippen LogP contribution is 2.20. The van der Waals surface area contributed by atoms with E-state index in [1.165, 1.54) is 0 Å². The minimum atomic E-state index is -0.625. The molecule has 1 aromatic rings. The summed E-state index contributed by atoms with van der Waals surface area (Å²) in [5.41, 5.74) is 0.590. The molecule has 5 heteroatoms. The van der Waals surface area contributed by atoms with Crippen molar-refractivity contribution in [3.05, 3.63) is 29.8 Å². The Bertz CT molecular complexity index is 455. The summed E-state index contributed by atoms with van der Waals surface area (Å²) in [5, 5.41) is 5.49. The minimum Gasteiger partial charge on any atom is -0.352 e. The van der Waals surface area contributed by atoms with Crippen molar-refractivity contribution in [2.75, 3.05) is 17.7 Å². The van der Waals surface area contributed by atoms with Crippen molar-refractivity contribution in [1.82, 2.24) is 5.32 Å². The van der Waals surface area contributed by atoms with E-state index < -0.39 is 5.41 Å². The molecule has 2 N–H and O–H groups in total. The molecular formula is C14H19ClN2O2. The van der Waals surface area contributed by atoms with Crippen molar-refractivity contribution in [2.24, 2.45) is 5.41 Å². The Morgan fingerprint density at radius 2 is 1.79 bits per heavy atom. The number of hydrogen-bond donors (Lipinski definition) is 2. The van der Waals surface area contributed by atoms with Crippen LogP contribution in [0.3, 0.4) is 0 Å².